The minimum absolute atomic E-state index is 0.0918. The van der Waals surface area contributed by atoms with Crippen molar-refractivity contribution < 1.29 is 14.7 Å². The molecule has 2 atom stereocenters. The Hall–Kier alpha value is -1.30. The number of carboxylic acid groups (broad SMARTS) is 1. The van der Waals surface area contributed by atoms with E-state index in [2.05, 4.69) is 10.2 Å². The number of likely N-dealkylation sites (N-methyl/N-ethyl adjacent to an activating group) is 1. The molecule has 1 heterocycles. The van der Waals surface area contributed by atoms with Crippen molar-refractivity contribution in [2.45, 2.75) is 39.3 Å². The Morgan fingerprint density at radius 1 is 1.32 bits per heavy atom. The van der Waals surface area contributed by atoms with Crippen molar-refractivity contribution >= 4 is 12.0 Å². The Kier molecular flexibility index (Phi) is 5.60. The molecule has 1 unspecified atom stereocenters. The van der Waals surface area contributed by atoms with E-state index in [1.807, 2.05) is 14.0 Å². The third kappa shape index (κ3) is 4.38. The summed E-state index contributed by atoms with van der Waals surface area (Å²) in [6.07, 6.45) is 0.910. The van der Waals surface area contributed by atoms with Crippen LogP contribution in [0.2, 0.25) is 0 Å². The number of nitrogens with zero attached hydrogens (tertiary/aromatic N) is 2. The predicted molar refractivity (Wildman–Crippen MR) is 73.1 cm³/mol. The van der Waals surface area contributed by atoms with Gasteiger partial charge in [0, 0.05) is 19.1 Å². The Morgan fingerprint density at radius 3 is 2.47 bits per heavy atom. The molecule has 0 aromatic heterocycles. The summed E-state index contributed by atoms with van der Waals surface area (Å²) < 4.78 is 0. The molecule has 0 radical (unpaired) electrons. The van der Waals surface area contributed by atoms with Gasteiger partial charge < -0.3 is 20.2 Å². The van der Waals surface area contributed by atoms with Crippen LogP contribution in [0.3, 0.4) is 0 Å². The van der Waals surface area contributed by atoms with E-state index in [0.29, 0.717) is 6.54 Å². The van der Waals surface area contributed by atoms with Gasteiger partial charge in [-0.3, -0.25) is 0 Å². The first-order valence-corrected chi connectivity index (χ1v) is 6.81. The molecule has 0 spiro atoms. The zero-order chi connectivity index (χ0) is 14.6. The van der Waals surface area contributed by atoms with Gasteiger partial charge in [-0.15, -0.1) is 0 Å². The van der Waals surface area contributed by atoms with Crippen LogP contribution in [0.5, 0.6) is 0 Å². The highest BCUT2D eigenvalue weighted by Crippen LogP contribution is 2.10. The van der Waals surface area contributed by atoms with Crippen LogP contribution in [-0.4, -0.2) is 65.7 Å². The molecule has 1 fully saturated rings. The van der Waals surface area contributed by atoms with Gasteiger partial charge in [0.1, 0.15) is 6.04 Å². The molecule has 19 heavy (non-hydrogen) atoms. The van der Waals surface area contributed by atoms with E-state index in [1.165, 1.54) is 0 Å². The van der Waals surface area contributed by atoms with Crippen molar-refractivity contribution in [3.63, 3.8) is 0 Å². The normalized spacial score (nSPS) is 23.0. The number of nitrogens with one attached hydrogen (secondary N) is 1. The van der Waals surface area contributed by atoms with Crippen LogP contribution in [0.4, 0.5) is 4.79 Å². The molecule has 0 saturated carbocycles. The molecular formula is C13H25N3O3. The van der Waals surface area contributed by atoms with Gasteiger partial charge in [0.15, 0.2) is 0 Å². The highest BCUT2D eigenvalue weighted by molar-refractivity contribution is 5.82. The maximum atomic E-state index is 12.2. The zero-order valence-corrected chi connectivity index (χ0v) is 12.2. The standard InChI is InChI=1S/C13H25N3O3/c1-9(2)11(12(17)18)14-13(19)16-7-5-6-15(4)8-10(16)3/h9-11H,5-8H2,1-4H3,(H,14,19)(H,17,18)/t10?,11-/m1/s1. The smallest absolute Gasteiger partial charge is 0.326 e. The van der Waals surface area contributed by atoms with Gasteiger partial charge in [-0.25, -0.2) is 9.59 Å². The van der Waals surface area contributed by atoms with E-state index in [4.69, 9.17) is 5.11 Å². The average Bonchev–Trinajstić information content (AvgIpc) is 2.45. The van der Waals surface area contributed by atoms with E-state index < -0.39 is 12.0 Å². The number of hydrogen-bond donors (Lipinski definition) is 2. The lowest BCUT2D eigenvalue weighted by molar-refractivity contribution is -0.140. The van der Waals surface area contributed by atoms with Crippen LogP contribution in [0.25, 0.3) is 0 Å². The summed E-state index contributed by atoms with van der Waals surface area (Å²) in [4.78, 5) is 27.3. The van der Waals surface area contributed by atoms with Crippen LogP contribution in [0.1, 0.15) is 27.2 Å². The molecule has 1 saturated heterocycles. The van der Waals surface area contributed by atoms with Crippen molar-refractivity contribution in [2.75, 3.05) is 26.7 Å². The van der Waals surface area contributed by atoms with Crippen LogP contribution in [0.15, 0.2) is 0 Å². The summed E-state index contributed by atoms with van der Waals surface area (Å²) in [6.45, 7) is 8.01. The second-order valence-electron chi connectivity index (χ2n) is 5.67. The van der Waals surface area contributed by atoms with Crippen LogP contribution in [0, 0.1) is 5.92 Å². The number of rotatable bonds is 3. The third-order valence-electron chi connectivity index (χ3n) is 3.52. The second kappa shape index (κ2) is 6.75. The van der Waals surface area contributed by atoms with E-state index >= 15 is 0 Å². The molecule has 0 bridgehead atoms. The number of carbonyl (C=O) groups excluding carboxylic acids is 1. The lowest BCUT2D eigenvalue weighted by Gasteiger charge is -2.30. The van der Waals surface area contributed by atoms with Crippen molar-refractivity contribution in [3.05, 3.63) is 0 Å². The van der Waals surface area contributed by atoms with Crippen molar-refractivity contribution in [3.8, 4) is 0 Å². The van der Waals surface area contributed by atoms with Crippen LogP contribution < -0.4 is 5.32 Å². The van der Waals surface area contributed by atoms with Gasteiger partial charge >= 0.3 is 12.0 Å². The van der Waals surface area contributed by atoms with Crippen molar-refractivity contribution in [1.29, 1.82) is 0 Å². The molecule has 2 N–H and O–H groups in total. The molecule has 0 aliphatic carbocycles. The Bertz CT molecular complexity index is 333. The Labute approximate surface area is 114 Å². The number of carbonyl (C=O) groups is 2. The largest absolute Gasteiger partial charge is 0.480 e. The topological polar surface area (TPSA) is 72.9 Å². The molecule has 1 rings (SSSR count). The molecule has 6 heteroatoms. The van der Waals surface area contributed by atoms with E-state index in [1.54, 1.807) is 18.7 Å². The lowest BCUT2D eigenvalue weighted by Crippen LogP contribution is -2.53. The van der Waals surface area contributed by atoms with E-state index in [-0.39, 0.29) is 18.0 Å². The van der Waals surface area contributed by atoms with Gasteiger partial charge in [0.25, 0.3) is 0 Å². The fraction of sp³-hybridized carbons (Fsp3) is 0.846. The van der Waals surface area contributed by atoms with Crippen molar-refractivity contribution in [1.82, 2.24) is 15.1 Å². The van der Waals surface area contributed by atoms with Crippen LogP contribution in [-0.2, 0) is 4.79 Å². The van der Waals surface area contributed by atoms with Crippen molar-refractivity contribution in [2.24, 2.45) is 5.92 Å². The molecule has 6 nitrogen and oxygen atoms in total. The number of hydrogen-bond acceptors (Lipinski definition) is 3. The molecule has 1 aliphatic rings. The SMILES string of the molecule is CC(C)[C@@H](NC(=O)N1CCCN(C)CC1C)C(=O)O. The van der Waals surface area contributed by atoms with Gasteiger partial charge in [0.2, 0.25) is 0 Å². The minimum atomic E-state index is -0.983. The predicted octanol–water partition coefficient (Wildman–Crippen LogP) is 0.831. The van der Waals surface area contributed by atoms with Gasteiger partial charge in [0.05, 0.1) is 0 Å². The maximum absolute atomic E-state index is 12.2. The number of carboxylic acids is 1. The second-order valence-corrected chi connectivity index (χ2v) is 5.67. The van der Waals surface area contributed by atoms with Gasteiger partial charge in [-0.2, -0.15) is 0 Å². The Balaban J connectivity index is 2.67. The van der Waals surface area contributed by atoms with E-state index in [9.17, 15) is 9.59 Å². The first kappa shape index (κ1) is 15.8. The molecule has 0 aromatic carbocycles. The van der Waals surface area contributed by atoms with Gasteiger partial charge in [-0.05, 0) is 32.9 Å². The summed E-state index contributed by atoms with van der Waals surface area (Å²) in [6, 6.07) is -1.02. The summed E-state index contributed by atoms with van der Waals surface area (Å²) in [7, 11) is 2.03. The van der Waals surface area contributed by atoms with Gasteiger partial charge in [-0.1, -0.05) is 13.8 Å². The summed E-state index contributed by atoms with van der Waals surface area (Å²) in [5.74, 6) is -1.12. The minimum Gasteiger partial charge on any atom is -0.480 e. The first-order chi connectivity index (χ1) is 8.82. The fourth-order valence-corrected chi connectivity index (χ4v) is 2.40. The highest BCUT2D eigenvalue weighted by atomic mass is 16.4. The first-order valence-electron chi connectivity index (χ1n) is 6.81. The number of amides is 2. The molecule has 0 aromatic rings. The molecule has 2 amide bonds. The average molecular weight is 271 g/mol. The molecular weight excluding hydrogens is 246 g/mol. The van der Waals surface area contributed by atoms with E-state index in [0.717, 1.165) is 19.5 Å². The summed E-state index contributed by atoms with van der Waals surface area (Å²) >= 11 is 0. The summed E-state index contributed by atoms with van der Waals surface area (Å²) in [5, 5.41) is 11.7. The fourth-order valence-electron chi connectivity index (χ4n) is 2.40. The maximum Gasteiger partial charge on any atom is 0.326 e. The highest BCUT2D eigenvalue weighted by Gasteiger charge is 2.29. The van der Waals surface area contributed by atoms with Crippen LogP contribution >= 0.6 is 0 Å². The quantitative estimate of drug-likeness (QED) is 0.797. The summed E-state index contributed by atoms with van der Waals surface area (Å²) in [5.41, 5.74) is 0. The molecule has 1 aliphatic heterocycles. The molecule has 110 valence electrons. The monoisotopic (exact) mass is 271 g/mol. The lowest BCUT2D eigenvalue weighted by atomic mass is 10.1. The third-order valence-corrected chi connectivity index (χ3v) is 3.52. The zero-order valence-electron chi connectivity index (χ0n) is 12.2. The Morgan fingerprint density at radius 2 is 1.95 bits per heavy atom. The number of aliphatic carboxylic acids is 1. The number of urea groups is 1.